The van der Waals surface area contributed by atoms with Gasteiger partial charge in [-0.1, -0.05) is 43.3 Å². The minimum Gasteiger partial charge on any atom is -0.378 e. The molecule has 0 atom stereocenters. The Morgan fingerprint density at radius 3 is 2.04 bits per heavy atom. The van der Waals surface area contributed by atoms with Crippen LogP contribution in [0.2, 0.25) is 0 Å². The van der Waals surface area contributed by atoms with Gasteiger partial charge in [-0.2, -0.15) is 0 Å². The van der Waals surface area contributed by atoms with Gasteiger partial charge in [0.25, 0.3) is 0 Å². The second-order valence-electron chi connectivity index (χ2n) is 6.33. The van der Waals surface area contributed by atoms with E-state index in [1.807, 2.05) is 6.92 Å². The Bertz CT molecular complexity index is 655. The second-order valence-corrected chi connectivity index (χ2v) is 6.33. The molecular formula is C21H25NO2. The van der Waals surface area contributed by atoms with Crippen molar-refractivity contribution in [2.75, 3.05) is 31.2 Å². The first kappa shape index (κ1) is 16.7. The third-order valence-electron chi connectivity index (χ3n) is 4.54. The predicted octanol–water partition coefficient (Wildman–Crippen LogP) is 3.64. The number of hydrogen-bond acceptors (Lipinski definition) is 3. The van der Waals surface area contributed by atoms with E-state index in [0.717, 1.165) is 38.3 Å². The van der Waals surface area contributed by atoms with Gasteiger partial charge in [-0.15, -0.1) is 0 Å². The molecule has 1 aliphatic heterocycles. The Labute approximate surface area is 144 Å². The van der Waals surface area contributed by atoms with E-state index in [9.17, 15) is 4.79 Å². The Hall–Kier alpha value is -2.13. The van der Waals surface area contributed by atoms with Gasteiger partial charge < -0.3 is 9.64 Å². The van der Waals surface area contributed by atoms with Crippen molar-refractivity contribution in [2.24, 2.45) is 0 Å². The zero-order valence-electron chi connectivity index (χ0n) is 14.3. The Balaban J connectivity index is 1.60. The fourth-order valence-electron chi connectivity index (χ4n) is 3.01. The number of hydrogen-bond donors (Lipinski definition) is 0. The molecule has 1 saturated heterocycles. The summed E-state index contributed by atoms with van der Waals surface area (Å²) in [6, 6.07) is 17.2. The SMILES string of the molecule is CCC(=O)Cc1ccc(Cc2ccc(N3CCOCC3)cc2)cc1. The molecule has 2 aromatic carbocycles. The molecular weight excluding hydrogens is 298 g/mol. The highest BCUT2D eigenvalue weighted by Gasteiger charge is 2.10. The number of ketones is 1. The molecule has 1 fully saturated rings. The van der Waals surface area contributed by atoms with Gasteiger partial charge >= 0.3 is 0 Å². The molecule has 3 rings (SSSR count). The maximum absolute atomic E-state index is 11.5. The van der Waals surface area contributed by atoms with Crippen LogP contribution < -0.4 is 4.90 Å². The van der Waals surface area contributed by atoms with Crippen molar-refractivity contribution in [3.05, 3.63) is 65.2 Å². The molecule has 0 spiro atoms. The van der Waals surface area contributed by atoms with Crippen LogP contribution in [0.1, 0.15) is 30.0 Å². The molecule has 1 heterocycles. The van der Waals surface area contributed by atoms with E-state index in [1.54, 1.807) is 0 Å². The van der Waals surface area contributed by atoms with Crippen LogP contribution in [0.5, 0.6) is 0 Å². The van der Waals surface area contributed by atoms with Gasteiger partial charge in [-0.3, -0.25) is 4.79 Å². The lowest BCUT2D eigenvalue weighted by molar-refractivity contribution is -0.118. The average molecular weight is 323 g/mol. The lowest BCUT2D eigenvalue weighted by Crippen LogP contribution is -2.36. The van der Waals surface area contributed by atoms with Crippen LogP contribution in [-0.4, -0.2) is 32.1 Å². The number of carbonyl (C=O) groups is 1. The molecule has 3 heteroatoms. The largest absolute Gasteiger partial charge is 0.378 e. The molecule has 126 valence electrons. The third kappa shape index (κ3) is 4.45. The molecule has 0 amide bonds. The minimum atomic E-state index is 0.293. The number of anilines is 1. The van der Waals surface area contributed by atoms with E-state index in [1.165, 1.54) is 16.8 Å². The van der Waals surface area contributed by atoms with E-state index in [-0.39, 0.29) is 0 Å². The van der Waals surface area contributed by atoms with Crippen LogP contribution in [0.3, 0.4) is 0 Å². The second kappa shape index (κ2) is 8.11. The number of nitrogens with zero attached hydrogens (tertiary/aromatic N) is 1. The molecule has 0 N–H and O–H groups in total. The van der Waals surface area contributed by atoms with Crippen molar-refractivity contribution in [2.45, 2.75) is 26.2 Å². The van der Waals surface area contributed by atoms with Gasteiger partial charge in [0.1, 0.15) is 5.78 Å². The van der Waals surface area contributed by atoms with Crippen LogP contribution in [0.15, 0.2) is 48.5 Å². The lowest BCUT2D eigenvalue weighted by atomic mass is 10.0. The summed E-state index contributed by atoms with van der Waals surface area (Å²) in [6.07, 6.45) is 2.08. The van der Waals surface area contributed by atoms with Crippen molar-refractivity contribution >= 4 is 11.5 Å². The molecule has 3 nitrogen and oxygen atoms in total. The summed E-state index contributed by atoms with van der Waals surface area (Å²) < 4.78 is 5.40. The standard InChI is InChI=1S/C21H25NO2/c1-2-21(23)16-19-5-3-17(4-6-19)15-18-7-9-20(10-8-18)22-11-13-24-14-12-22/h3-10H,2,11-16H2,1H3. The van der Waals surface area contributed by atoms with E-state index in [4.69, 9.17) is 4.74 Å². The van der Waals surface area contributed by atoms with Crippen molar-refractivity contribution in [3.8, 4) is 0 Å². The Morgan fingerprint density at radius 2 is 1.46 bits per heavy atom. The van der Waals surface area contributed by atoms with Crippen LogP contribution >= 0.6 is 0 Å². The maximum Gasteiger partial charge on any atom is 0.136 e. The molecule has 0 saturated carbocycles. The molecule has 0 unspecified atom stereocenters. The number of benzene rings is 2. The minimum absolute atomic E-state index is 0.293. The zero-order valence-corrected chi connectivity index (χ0v) is 14.3. The van der Waals surface area contributed by atoms with Crippen molar-refractivity contribution < 1.29 is 9.53 Å². The van der Waals surface area contributed by atoms with Gasteiger partial charge in [0.05, 0.1) is 13.2 Å². The summed E-state index contributed by atoms with van der Waals surface area (Å²) in [5.41, 5.74) is 4.97. The van der Waals surface area contributed by atoms with Crippen molar-refractivity contribution in [3.63, 3.8) is 0 Å². The van der Waals surface area contributed by atoms with E-state index in [0.29, 0.717) is 18.6 Å². The number of carbonyl (C=O) groups excluding carboxylic acids is 1. The summed E-state index contributed by atoms with van der Waals surface area (Å²) in [4.78, 5) is 13.9. The highest BCUT2D eigenvalue weighted by Crippen LogP contribution is 2.19. The van der Waals surface area contributed by atoms with Crippen molar-refractivity contribution in [1.29, 1.82) is 0 Å². The smallest absolute Gasteiger partial charge is 0.136 e. The Morgan fingerprint density at radius 1 is 0.917 bits per heavy atom. The van der Waals surface area contributed by atoms with Crippen LogP contribution in [0, 0.1) is 0 Å². The van der Waals surface area contributed by atoms with Crippen LogP contribution in [0.4, 0.5) is 5.69 Å². The molecule has 24 heavy (non-hydrogen) atoms. The molecule has 0 radical (unpaired) electrons. The normalized spacial score (nSPS) is 14.6. The summed E-state index contributed by atoms with van der Waals surface area (Å²) in [7, 11) is 0. The quantitative estimate of drug-likeness (QED) is 0.813. The molecule has 0 aliphatic carbocycles. The maximum atomic E-state index is 11.5. The number of morpholine rings is 1. The molecule has 1 aliphatic rings. The predicted molar refractivity (Wildman–Crippen MR) is 97.7 cm³/mol. The topological polar surface area (TPSA) is 29.5 Å². The lowest BCUT2D eigenvalue weighted by Gasteiger charge is -2.28. The van der Waals surface area contributed by atoms with Crippen LogP contribution in [0.25, 0.3) is 0 Å². The van der Waals surface area contributed by atoms with Crippen molar-refractivity contribution in [1.82, 2.24) is 0 Å². The van der Waals surface area contributed by atoms with E-state index < -0.39 is 0 Å². The number of Topliss-reactive ketones (excluding diaryl/α,β-unsaturated/α-hetero) is 1. The monoisotopic (exact) mass is 323 g/mol. The summed E-state index contributed by atoms with van der Waals surface area (Å²) >= 11 is 0. The molecule has 0 bridgehead atoms. The van der Waals surface area contributed by atoms with Gasteiger partial charge in [0.2, 0.25) is 0 Å². The first-order chi connectivity index (χ1) is 11.7. The fourth-order valence-corrected chi connectivity index (χ4v) is 3.01. The molecule has 0 aromatic heterocycles. The van der Waals surface area contributed by atoms with Gasteiger partial charge in [0.15, 0.2) is 0 Å². The van der Waals surface area contributed by atoms with E-state index in [2.05, 4.69) is 53.4 Å². The third-order valence-corrected chi connectivity index (χ3v) is 4.54. The van der Waals surface area contributed by atoms with Gasteiger partial charge in [-0.25, -0.2) is 0 Å². The summed E-state index contributed by atoms with van der Waals surface area (Å²) in [6.45, 7) is 5.48. The summed E-state index contributed by atoms with van der Waals surface area (Å²) in [5.74, 6) is 0.293. The zero-order chi connectivity index (χ0) is 16.8. The fraction of sp³-hybridized carbons (Fsp3) is 0.381. The first-order valence-corrected chi connectivity index (χ1v) is 8.76. The van der Waals surface area contributed by atoms with E-state index >= 15 is 0 Å². The van der Waals surface area contributed by atoms with Crippen LogP contribution in [-0.2, 0) is 22.4 Å². The first-order valence-electron chi connectivity index (χ1n) is 8.76. The molecule has 2 aromatic rings. The van der Waals surface area contributed by atoms with Gasteiger partial charge in [-0.05, 0) is 35.2 Å². The average Bonchev–Trinajstić information content (AvgIpc) is 2.64. The highest BCUT2D eigenvalue weighted by molar-refractivity contribution is 5.80. The number of rotatable bonds is 6. The summed E-state index contributed by atoms with van der Waals surface area (Å²) in [5, 5.41) is 0. The highest BCUT2D eigenvalue weighted by atomic mass is 16.5. The Kier molecular flexibility index (Phi) is 5.65. The van der Waals surface area contributed by atoms with Gasteiger partial charge in [0, 0.05) is 31.6 Å². The number of ether oxygens (including phenoxy) is 1.